The average molecular weight is 530 g/mol. The molecule has 35 heavy (non-hydrogen) atoms. The molecule has 0 saturated carbocycles. The Labute approximate surface area is 211 Å². The van der Waals surface area contributed by atoms with Crippen molar-refractivity contribution in [1.82, 2.24) is 15.5 Å². The number of ether oxygens (including phenoxy) is 2. The largest absolute Gasteiger partial charge is 0.443 e. The number of halogens is 3. The molecule has 190 valence electrons. The number of rotatable bonds is 5. The fourth-order valence-corrected chi connectivity index (χ4v) is 4.29. The molecule has 1 N–H and O–H groups in total. The standard InChI is InChI=1S/C22H25F2N5O4S.ClH/c1-22(2,3)33-21(31)29(19-27-26-12-34-19)11-15-10-28(20(30)32-15)14-8-16(23)18(17(24)9-14)13-4-6-25-7-5-13;/h4,8-9,12,15,25H,5-7,10-11H2,1-3H3;1H/t15-;/m1./s1. The first-order chi connectivity index (χ1) is 16.1. The Balaban J connectivity index is 0.00000342. The van der Waals surface area contributed by atoms with Gasteiger partial charge >= 0.3 is 12.2 Å². The van der Waals surface area contributed by atoms with Crippen LogP contribution in [0.15, 0.2) is 23.7 Å². The number of hydrogen-bond donors (Lipinski definition) is 1. The smallest absolute Gasteiger partial charge is 0.416 e. The van der Waals surface area contributed by atoms with Crippen LogP contribution in [0.3, 0.4) is 0 Å². The molecule has 3 heterocycles. The maximum Gasteiger partial charge on any atom is 0.416 e. The summed E-state index contributed by atoms with van der Waals surface area (Å²) in [6.07, 6.45) is 0.0488. The summed E-state index contributed by atoms with van der Waals surface area (Å²) in [6.45, 7) is 6.29. The molecule has 0 bridgehead atoms. The maximum absolute atomic E-state index is 14.9. The van der Waals surface area contributed by atoms with Crippen molar-refractivity contribution in [1.29, 1.82) is 0 Å². The Bertz CT molecular complexity index is 1090. The van der Waals surface area contributed by atoms with E-state index in [9.17, 15) is 18.4 Å². The first-order valence-electron chi connectivity index (χ1n) is 10.8. The second-order valence-corrected chi connectivity index (χ2v) is 9.71. The predicted molar refractivity (Wildman–Crippen MR) is 130 cm³/mol. The normalized spacial score (nSPS) is 18.0. The molecule has 1 saturated heterocycles. The monoisotopic (exact) mass is 529 g/mol. The molecular formula is C22H26ClF2N5O4S. The summed E-state index contributed by atoms with van der Waals surface area (Å²) in [4.78, 5) is 27.7. The topological polar surface area (TPSA) is 96.9 Å². The molecular weight excluding hydrogens is 504 g/mol. The summed E-state index contributed by atoms with van der Waals surface area (Å²) in [7, 11) is 0. The van der Waals surface area contributed by atoms with Gasteiger partial charge in [0.25, 0.3) is 0 Å². The van der Waals surface area contributed by atoms with E-state index in [2.05, 4.69) is 15.5 Å². The zero-order chi connectivity index (χ0) is 24.5. The number of carbonyl (C=O) groups excluding carboxylic acids is 2. The van der Waals surface area contributed by atoms with Crippen molar-refractivity contribution >= 4 is 52.3 Å². The third-order valence-corrected chi connectivity index (χ3v) is 5.89. The molecule has 2 amide bonds. The van der Waals surface area contributed by atoms with Gasteiger partial charge in [0.1, 0.15) is 28.8 Å². The van der Waals surface area contributed by atoms with Crippen molar-refractivity contribution in [2.45, 2.75) is 38.9 Å². The summed E-state index contributed by atoms with van der Waals surface area (Å²) in [5, 5.41) is 11.0. The van der Waals surface area contributed by atoms with Crippen LogP contribution in [0.25, 0.3) is 5.57 Å². The Morgan fingerprint density at radius 2 is 2.06 bits per heavy atom. The third-order valence-electron chi connectivity index (χ3n) is 5.18. The first kappa shape index (κ1) is 26.8. The van der Waals surface area contributed by atoms with E-state index in [0.717, 1.165) is 28.4 Å². The average Bonchev–Trinajstić information content (AvgIpc) is 3.40. The summed E-state index contributed by atoms with van der Waals surface area (Å²) in [5.74, 6) is -1.49. The van der Waals surface area contributed by atoms with Crippen LogP contribution in [-0.4, -0.2) is 60.3 Å². The van der Waals surface area contributed by atoms with E-state index >= 15 is 0 Å². The Kier molecular flexibility index (Phi) is 8.29. The molecule has 1 atom stereocenters. The van der Waals surface area contributed by atoms with E-state index in [-0.39, 0.29) is 41.9 Å². The van der Waals surface area contributed by atoms with Gasteiger partial charge in [-0.15, -0.1) is 22.6 Å². The van der Waals surface area contributed by atoms with Crippen LogP contribution in [0.4, 0.5) is 29.2 Å². The Hall–Kier alpha value is -2.83. The van der Waals surface area contributed by atoms with Gasteiger partial charge in [-0.3, -0.25) is 4.90 Å². The number of amides is 2. The lowest BCUT2D eigenvalue weighted by Crippen LogP contribution is -2.42. The molecule has 1 fully saturated rings. The van der Waals surface area contributed by atoms with E-state index in [1.807, 2.05) is 0 Å². The van der Waals surface area contributed by atoms with Crippen LogP contribution in [-0.2, 0) is 9.47 Å². The predicted octanol–water partition coefficient (Wildman–Crippen LogP) is 4.38. The molecule has 2 aliphatic rings. The summed E-state index contributed by atoms with van der Waals surface area (Å²) >= 11 is 1.13. The molecule has 2 aromatic rings. The molecule has 9 nitrogen and oxygen atoms in total. The molecule has 0 radical (unpaired) electrons. The van der Waals surface area contributed by atoms with E-state index in [1.165, 1.54) is 10.4 Å². The molecule has 1 aromatic heterocycles. The molecule has 1 aromatic carbocycles. The fraction of sp³-hybridized carbons (Fsp3) is 0.455. The van der Waals surface area contributed by atoms with Gasteiger partial charge in [-0.05, 0) is 51.4 Å². The van der Waals surface area contributed by atoms with Gasteiger partial charge in [-0.2, -0.15) is 0 Å². The summed E-state index contributed by atoms with van der Waals surface area (Å²) in [6, 6.07) is 2.25. The van der Waals surface area contributed by atoms with E-state index < -0.39 is 35.5 Å². The summed E-state index contributed by atoms with van der Waals surface area (Å²) in [5.41, 5.74) is 1.26. The van der Waals surface area contributed by atoms with Crippen LogP contribution >= 0.6 is 23.7 Å². The highest BCUT2D eigenvalue weighted by molar-refractivity contribution is 7.13. The van der Waals surface area contributed by atoms with Crippen molar-refractivity contribution in [2.24, 2.45) is 0 Å². The summed E-state index contributed by atoms with van der Waals surface area (Å²) < 4.78 is 40.6. The molecule has 0 spiro atoms. The minimum Gasteiger partial charge on any atom is -0.443 e. The number of hydrogen-bond acceptors (Lipinski definition) is 8. The van der Waals surface area contributed by atoms with Crippen molar-refractivity contribution in [3.8, 4) is 0 Å². The lowest BCUT2D eigenvalue weighted by Gasteiger charge is -2.26. The number of cyclic esters (lactones) is 1. The highest BCUT2D eigenvalue weighted by Gasteiger charge is 2.37. The molecule has 0 unspecified atom stereocenters. The van der Waals surface area contributed by atoms with E-state index in [4.69, 9.17) is 9.47 Å². The number of aromatic nitrogens is 2. The fourth-order valence-electron chi connectivity index (χ4n) is 3.74. The second kappa shape index (κ2) is 10.8. The SMILES string of the molecule is CC(C)(C)OC(=O)N(C[C@H]1CN(c2cc(F)c(C3=CCNCC3)c(F)c2)C(=O)O1)c1nncs1.Cl. The molecule has 4 rings (SSSR count). The van der Waals surface area contributed by atoms with Gasteiger partial charge in [0.05, 0.1) is 18.8 Å². The van der Waals surface area contributed by atoms with Gasteiger partial charge in [0, 0.05) is 12.1 Å². The quantitative estimate of drug-likeness (QED) is 0.614. The van der Waals surface area contributed by atoms with Crippen LogP contribution in [0.2, 0.25) is 0 Å². The van der Waals surface area contributed by atoms with Crippen LogP contribution in [0.5, 0.6) is 0 Å². The van der Waals surface area contributed by atoms with Gasteiger partial charge in [0.2, 0.25) is 5.13 Å². The van der Waals surface area contributed by atoms with Crippen molar-refractivity contribution in [3.05, 3.63) is 40.9 Å². The number of carbonyl (C=O) groups is 2. The molecule has 2 aliphatic heterocycles. The minimum atomic E-state index is -0.776. The van der Waals surface area contributed by atoms with Crippen LogP contribution in [0.1, 0.15) is 32.8 Å². The number of anilines is 2. The van der Waals surface area contributed by atoms with Crippen LogP contribution in [0, 0.1) is 11.6 Å². The van der Waals surface area contributed by atoms with Crippen molar-refractivity contribution in [3.63, 3.8) is 0 Å². The van der Waals surface area contributed by atoms with E-state index in [0.29, 0.717) is 25.1 Å². The highest BCUT2D eigenvalue weighted by atomic mass is 35.5. The van der Waals surface area contributed by atoms with Crippen molar-refractivity contribution < 1.29 is 27.8 Å². The van der Waals surface area contributed by atoms with Gasteiger partial charge in [-0.1, -0.05) is 17.4 Å². The maximum atomic E-state index is 14.9. The number of nitrogens with one attached hydrogen (secondary N) is 1. The minimum absolute atomic E-state index is 0. The van der Waals surface area contributed by atoms with Crippen molar-refractivity contribution in [2.75, 3.05) is 36.0 Å². The first-order valence-corrected chi connectivity index (χ1v) is 11.6. The Morgan fingerprint density at radius 3 is 2.63 bits per heavy atom. The van der Waals surface area contributed by atoms with Crippen LogP contribution < -0.4 is 15.1 Å². The second-order valence-electron chi connectivity index (χ2n) is 8.90. The molecule has 13 heteroatoms. The van der Waals surface area contributed by atoms with E-state index in [1.54, 1.807) is 26.8 Å². The lowest BCUT2D eigenvalue weighted by atomic mass is 9.98. The zero-order valence-electron chi connectivity index (χ0n) is 19.4. The lowest BCUT2D eigenvalue weighted by molar-refractivity contribution is 0.0558. The Morgan fingerprint density at radius 1 is 1.34 bits per heavy atom. The van der Waals surface area contributed by atoms with Gasteiger partial charge in [-0.25, -0.2) is 23.3 Å². The number of benzene rings is 1. The number of nitrogens with zero attached hydrogens (tertiary/aromatic N) is 4. The molecule has 0 aliphatic carbocycles. The van der Waals surface area contributed by atoms with Gasteiger partial charge in [0.15, 0.2) is 0 Å². The van der Waals surface area contributed by atoms with Gasteiger partial charge < -0.3 is 14.8 Å². The zero-order valence-corrected chi connectivity index (χ0v) is 21.0. The highest BCUT2D eigenvalue weighted by Crippen LogP contribution is 2.32. The third kappa shape index (κ3) is 6.24.